The Morgan fingerprint density at radius 2 is 1.87 bits per heavy atom. The lowest BCUT2D eigenvalue weighted by Crippen LogP contribution is -2.44. The Kier molecular flexibility index (Phi) is 4.97. The van der Waals surface area contributed by atoms with E-state index in [0.29, 0.717) is 19.4 Å². The standard InChI is InChI=1S/C16H20F2N2O3/c1-16(2,3)23-15(22)20-6-4-5-10(9-20)14(21)13-11(17)7-19-8-12(13)18/h7-8,10H,4-6,9H2,1-3H3. The fourth-order valence-electron chi connectivity index (χ4n) is 2.53. The zero-order valence-corrected chi connectivity index (χ0v) is 13.4. The topological polar surface area (TPSA) is 59.5 Å². The van der Waals surface area contributed by atoms with Crippen LogP contribution in [0.15, 0.2) is 12.4 Å². The maximum atomic E-state index is 13.7. The number of carbonyl (C=O) groups excluding carboxylic acids is 2. The number of pyridine rings is 1. The Bertz CT molecular complexity index is 594. The highest BCUT2D eigenvalue weighted by Crippen LogP contribution is 2.24. The monoisotopic (exact) mass is 326 g/mol. The average molecular weight is 326 g/mol. The van der Waals surface area contributed by atoms with Crippen LogP contribution in [-0.2, 0) is 4.74 Å². The van der Waals surface area contributed by atoms with Crippen molar-refractivity contribution < 1.29 is 23.1 Å². The van der Waals surface area contributed by atoms with Gasteiger partial charge in [0.25, 0.3) is 0 Å². The molecular weight excluding hydrogens is 306 g/mol. The molecule has 0 aromatic carbocycles. The number of rotatable bonds is 2. The van der Waals surface area contributed by atoms with Crippen LogP contribution in [0, 0.1) is 17.6 Å². The van der Waals surface area contributed by atoms with E-state index in [0.717, 1.165) is 12.4 Å². The van der Waals surface area contributed by atoms with Crippen LogP contribution >= 0.6 is 0 Å². The van der Waals surface area contributed by atoms with Crippen molar-refractivity contribution in [1.82, 2.24) is 9.88 Å². The van der Waals surface area contributed by atoms with Gasteiger partial charge in [0.15, 0.2) is 17.4 Å². The number of hydrogen-bond donors (Lipinski definition) is 0. The fourth-order valence-corrected chi connectivity index (χ4v) is 2.53. The van der Waals surface area contributed by atoms with E-state index in [9.17, 15) is 18.4 Å². The van der Waals surface area contributed by atoms with Crippen LogP contribution in [0.1, 0.15) is 44.0 Å². The second-order valence-electron chi connectivity index (χ2n) is 6.61. The number of likely N-dealkylation sites (tertiary alicyclic amines) is 1. The SMILES string of the molecule is CC(C)(C)OC(=O)N1CCCC(C(=O)c2c(F)cncc2F)C1. The van der Waals surface area contributed by atoms with E-state index in [2.05, 4.69) is 4.98 Å². The summed E-state index contributed by atoms with van der Waals surface area (Å²) in [4.78, 5) is 29.3. The lowest BCUT2D eigenvalue weighted by Gasteiger charge is -2.33. The molecule has 1 atom stereocenters. The summed E-state index contributed by atoms with van der Waals surface area (Å²) in [6.45, 7) is 5.80. The molecule has 0 aliphatic carbocycles. The number of carbonyl (C=O) groups is 2. The van der Waals surface area contributed by atoms with Gasteiger partial charge in [0.1, 0.15) is 5.60 Å². The van der Waals surface area contributed by atoms with Crippen LogP contribution in [0.4, 0.5) is 13.6 Å². The minimum atomic E-state index is -0.982. The van der Waals surface area contributed by atoms with Crippen molar-refractivity contribution in [2.75, 3.05) is 13.1 Å². The van der Waals surface area contributed by atoms with Gasteiger partial charge < -0.3 is 9.64 Å². The summed E-state index contributed by atoms with van der Waals surface area (Å²) in [5.74, 6) is -3.26. The maximum Gasteiger partial charge on any atom is 0.410 e. The van der Waals surface area contributed by atoms with Crippen molar-refractivity contribution in [1.29, 1.82) is 0 Å². The van der Waals surface area contributed by atoms with E-state index < -0.39 is 40.6 Å². The minimum Gasteiger partial charge on any atom is -0.444 e. The van der Waals surface area contributed by atoms with Gasteiger partial charge in [0.2, 0.25) is 0 Å². The number of aromatic nitrogens is 1. The molecule has 2 heterocycles. The molecule has 1 aromatic rings. The third kappa shape index (κ3) is 4.24. The third-order valence-electron chi connectivity index (χ3n) is 3.54. The summed E-state index contributed by atoms with van der Waals surface area (Å²) in [5, 5.41) is 0. The molecule has 126 valence electrons. The van der Waals surface area contributed by atoms with Crippen molar-refractivity contribution in [3.05, 3.63) is 29.6 Å². The molecule has 1 amide bonds. The van der Waals surface area contributed by atoms with E-state index in [4.69, 9.17) is 4.74 Å². The smallest absolute Gasteiger partial charge is 0.410 e. The van der Waals surface area contributed by atoms with Crippen molar-refractivity contribution in [3.8, 4) is 0 Å². The van der Waals surface area contributed by atoms with Crippen LogP contribution in [0.3, 0.4) is 0 Å². The van der Waals surface area contributed by atoms with E-state index in [1.54, 1.807) is 20.8 Å². The Morgan fingerprint density at radius 3 is 2.43 bits per heavy atom. The van der Waals surface area contributed by atoms with E-state index in [1.807, 2.05) is 0 Å². The first-order valence-electron chi connectivity index (χ1n) is 7.50. The number of Topliss-reactive ketones (excluding diaryl/α,β-unsaturated/α-hetero) is 1. The van der Waals surface area contributed by atoms with Gasteiger partial charge >= 0.3 is 6.09 Å². The molecule has 2 rings (SSSR count). The first-order chi connectivity index (χ1) is 10.7. The molecule has 1 aromatic heterocycles. The van der Waals surface area contributed by atoms with Crippen LogP contribution < -0.4 is 0 Å². The summed E-state index contributed by atoms with van der Waals surface area (Å²) in [5.41, 5.74) is -1.23. The second kappa shape index (κ2) is 6.60. The van der Waals surface area contributed by atoms with Gasteiger partial charge in [0.05, 0.1) is 18.0 Å². The molecular formula is C16H20F2N2O3. The molecule has 1 unspecified atom stereocenters. The summed E-state index contributed by atoms with van der Waals surface area (Å²) in [6, 6.07) is 0. The first-order valence-corrected chi connectivity index (χ1v) is 7.50. The lowest BCUT2D eigenvalue weighted by atomic mass is 9.90. The van der Waals surface area contributed by atoms with Crippen LogP contribution in [-0.4, -0.2) is 40.5 Å². The zero-order valence-electron chi connectivity index (χ0n) is 13.4. The highest BCUT2D eigenvalue weighted by Gasteiger charge is 2.33. The predicted molar refractivity (Wildman–Crippen MR) is 79.0 cm³/mol. The molecule has 1 aliphatic heterocycles. The van der Waals surface area contributed by atoms with Gasteiger partial charge in [-0.2, -0.15) is 0 Å². The van der Waals surface area contributed by atoms with Crippen LogP contribution in [0.2, 0.25) is 0 Å². The summed E-state index contributed by atoms with van der Waals surface area (Å²) >= 11 is 0. The highest BCUT2D eigenvalue weighted by molar-refractivity contribution is 5.98. The van der Waals surface area contributed by atoms with Gasteiger partial charge in [0, 0.05) is 19.0 Å². The van der Waals surface area contributed by atoms with Crippen molar-refractivity contribution in [2.24, 2.45) is 5.92 Å². The molecule has 0 bridgehead atoms. The number of piperidine rings is 1. The number of halogens is 2. The number of ketones is 1. The Balaban J connectivity index is 2.12. The molecule has 7 heteroatoms. The number of hydrogen-bond acceptors (Lipinski definition) is 4. The van der Waals surface area contributed by atoms with Crippen LogP contribution in [0.25, 0.3) is 0 Å². The van der Waals surface area contributed by atoms with Crippen molar-refractivity contribution >= 4 is 11.9 Å². The van der Waals surface area contributed by atoms with Gasteiger partial charge in [-0.25, -0.2) is 13.6 Å². The van der Waals surface area contributed by atoms with Gasteiger partial charge in [-0.1, -0.05) is 0 Å². The molecule has 0 saturated carbocycles. The summed E-state index contributed by atoms with van der Waals surface area (Å²) in [6.07, 6.45) is 2.14. The Morgan fingerprint density at radius 1 is 1.26 bits per heavy atom. The molecule has 23 heavy (non-hydrogen) atoms. The van der Waals surface area contributed by atoms with Crippen LogP contribution in [0.5, 0.6) is 0 Å². The Labute approximate surface area is 133 Å². The fraction of sp³-hybridized carbons (Fsp3) is 0.562. The van der Waals surface area contributed by atoms with Gasteiger partial charge in [-0.05, 0) is 33.6 Å². The number of amides is 1. The molecule has 1 saturated heterocycles. The molecule has 5 nitrogen and oxygen atoms in total. The second-order valence-corrected chi connectivity index (χ2v) is 6.61. The van der Waals surface area contributed by atoms with E-state index in [-0.39, 0.29) is 6.54 Å². The predicted octanol–water partition coefficient (Wildman–Crippen LogP) is 3.19. The van der Waals surface area contributed by atoms with E-state index in [1.165, 1.54) is 4.90 Å². The normalized spacial score (nSPS) is 18.7. The Hall–Kier alpha value is -2.05. The first kappa shape index (κ1) is 17.3. The molecule has 0 radical (unpaired) electrons. The van der Waals surface area contributed by atoms with Crippen molar-refractivity contribution in [3.63, 3.8) is 0 Å². The quantitative estimate of drug-likeness (QED) is 0.783. The summed E-state index contributed by atoms with van der Waals surface area (Å²) < 4.78 is 32.7. The minimum absolute atomic E-state index is 0.0922. The highest BCUT2D eigenvalue weighted by atomic mass is 19.1. The zero-order chi connectivity index (χ0) is 17.2. The van der Waals surface area contributed by atoms with Gasteiger partial charge in [-0.3, -0.25) is 9.78 Å². The molecule has 1 aliphatic rings. The van der Waals surface area contributed by atoms with Gasteiger partial charge in [-0.15, -0.1) is 0 Å². The third-order valence-corrected chi connectivity index (χ3v) is 3.54. The lowest BCUT2D eigenvalue weighted by molar-refractivity contribution is 0.0171. The molecule has 0 spiro atoms. The maximum absolute atomic E-state index is 13.7. The van der Waals surface area contributed by atoms with Crippen molar-refractivity contribution in [2.45, 2.75) is 39.2 Å². The van der Waals surface area contributed by atoms with E-state index >= 15 is 0 Å². The summed E-state index contributed by atoms with van der Waals surface area (Å²) in [7, 11) is 0. The largest absolute Gasteiger partial charge is 0.444 e. The molecule has 0 N–H and O–H groups in total. The average Bonchev–Trinajstić information content (AvgIpc) is 2.45. The number of nitrogens with zero attached hydrogens (tertiary/aromatic N) is 2. The molecule has 1 fully saturated rings. The number of ether oxygens (including phenoxy) is 1.